The largest absolute Gasteiger partial charge is 1.00 e. The minimum atomic E-state index is -1.72. The fraction of sp³-hybridized carbons (Fsp3) is 0. The van der Waals surface area contributed by atoms with Gasteiger partial charge >= 0.3 is 29.6 Å². The van der Waals surface area contributed by atoms with Crippen molar-refractivity contribution in [2.75, 3.05) is 0 Å². The van der Waals surface area contributed by atoms with Crippen molar-refractivity contribution in [2.24, 2.45) is 0 Å². The molecule has 0 saturated carbocycles. The summed E-state index contributed by atoms with van der Waals surface area (Å²) in [7, 11) is 0. The van der Waals surface area contributed by atoms with Crippen LogP contribution in [-0.4, -0.2) is 16.7 Å². The van der Waals surface area contributed by atoms with Crippen LogP contribution in [0.4, 0.5) is 0 Å². The van der Waals surface area contributed by atoms with Crippen molar-refractivity contribution in [3.63, 3.8) is 0 Å². The summed E-state index contributed by atoms with van der Waals surface area (Å²) in [6.45, 7) is 0. The molecule has 0 N–H and O–H groups in total. The zero-order chi connectivity index (χ0) is 10.6. The number of halogens is 1. The van der Waals surface area contributed by atoms with Gasteiger partial charge in [-0.1, -0.05) is 6.07 Å². The molecular weight excluding hydrogens is 273 g/mol. The Morgan fingerprint density at radius 2 is 2.07 bits per heavy atom. The number of carboxylic acid groups (broad SMARTS) is 1. The van der Waals surface area contributed by atoms with E-state index in [1.54, 1.807) is 12.1 Å². The molecule has 1 aromatic heterocycles. The van der Waals surface area contributed by atoms with Crippen molar-refractivity contribution in [1.29, 1.82) is 0 Å². The van der Waals surface area contributed by atoms with Gasteiger partial charge in [0.05, 0.1) is 0 Å². The molecule has 4 nitrogen and oxygen atoms in total. The molecule has 0 unspecified atom stereocenters. The first kappa shape index (κ1) is 14.5. The van der Waals surface area contributed by atoms with Gasteiger partial charge in [-0.2, -0.15) is 0 Å². The standard InChI is InChI=1S/C9H6BrNO3.Na/c10-8-4-2-6(5-11-8)1-3-7(12)9(13)14;/h1-5H,(H,13,14);/q;+1/p-1. The Morgan fingerprint density at radius 3 is 2.53 bits per heavy atom. The Bertz CT molecular complexity index is 389. The maximum Gasteiger partial charge on any atom is 1.00 e. The molecule has 72 valence electrons. The van der Waals surface area contributed by atoms with Gasteiger partial charge in [0.2, 0.25) is 5.78 Å². The molecule has 0 aromatic carbocycles. The van der Waals surface area contributed by atoms with Crippen LogP contribution in [-0.2, 0) is 9.59 Å². The Labute approximate surface area is 117 Å². The average Bonchev–Trinajstić information content (AvgIpc) is 2.16. The number of rotatable bonds is 3. The van der Waals surface area contributed by atoms with E-state index in [9.17, 15) is 14.7 Å². The topological polar surface area (TPSA) is 70.1 Å². The maximum atomic E-state index is 10.6. The van der Waals surface area contributed by atoms with Gasteiger partial charge in [-0.3, -0.25) is 4.79 Å². The summed E-state index contributed by atoms with van der Waals surface area (Å²) in [6, 6.07) is 3.37. The molecule has 0 saturated heterocycles. The molecule has 0 aliphatic rings. The average molecular weight is 278 g/mol. The summed E-state index contributed by atoms with van der Waals surface area (Å²) >= 11 is 3.14. The third kappa shape index (κ3) is 5.22. The first-order valence-corrected chi connectivity index (χ1v) is 4.44. The van der Waals surface area contributed by atoms with Gasteiger partial charge in [0.25, 0.3) is 0 Å². The predicted molar refractivity (Wildman–Crippen MR) is 51.0 cm³/mol. The fourth-order valence-electron chi connectivity index (χ4n) is 0.726. The smallest absolute Gasteiger partial charge is 0.541 e. The molecule has 0 radical (unpaired) electrons. The maximum absolute atomic E-state index is 10.6. The molecule has 0 aliphatic heterocycles. The van der Waals surface area contributed by atoms with Gasteiger partial charge in [-0.15, -0.1) is 0 Å². The van der Waals surface area contributed by atoms with Gasteiger partial charge in [0, 0.05) is 6.20 Å². The zero-order valence-corrected chi connectivity index (χ0v) is 11.5. The monoisotopic (exact) mass is 277 g/mol. The van der Waals surface area contributed by atoms with Crippen molar-refractivity contribution in [3.8, 4) is 0 Å². The first-order valence-electron chi connectivity index (χ1n) is 3.64. The van der Waals surface area contributed by atoms with Crippen LogP contribution in [0.5, 0.6) is 0 Å². The normalized spacial score (nSPS) is 9.67. The molecule has 1 heterocycles. The number of aliphatic carboxylic acids is 1. The van der Waals surface area contributed by atoms with Crippen LogP contribution in [0.1, 0.15) is 5.56 Å². The van der Waals surface area contributed by atoms with E-state index in [0.29, 0.717) is 10.2 Å². The first-order chi connectivity index (χ1) is 6.59. The summed E-state index contributed by atoms with van der Waals surface area (Å²) in [4.78, 5) is 24.5. The van der Waals surface area contributed by atoms with E-state index in [1.807, 2.05) is 0 Å². The van der Waals surface area contributed by atoms with E-state index < -0.39 is 11.8 Å². The second-order valence-corrected chi connectivity index (χ2v) is 3.21. The van der Waals surface area contributed by atoms with Crippen molar-refractivity contribution < 1.29 is 44.3 Å². The molecule has 1 rings (SSSR count). The van der Waals surface area contributed by atoms with E-state index in [-0.39, 0.29) is 29.6 Å². The molecule has 0 amide bonds. The number of ketones is 1. The van der Waals surface area contributed by atoms with Crippen LogP contribution in [0, 0.1) is 0 Å². The van der Waals surface area contributed by atoms with E-state index in [4.69, 9.17) is 0 Å². The molecule has 0 bridgehead atoms. The second-order valence-electron chi connectivity index (χ2n) is 2.40. The van der Waals surface area contributed by atoms with Gasteiger partial charge < -0.3 is 9.90 Å². The van der Waals surface area contributed by atoms with Crippen LogP contribution >= 0.6 is 15.9 Å². The van der Waals surface area contributed by atoms with Crippen LogP contribution < -0.4 is 34.7 Å². The molecule has 0 aliphatic carbocycles. The van der Waals surface area contributed by atoms with E-state index >= 15 is 0 Å². The molecule has 0 spiro atoms. The molecule has 0 fully saturated rings. The predicted octanol–water partition coefficient (Wildman–Crippen LogP) is -2.82. The fourth-order valence-corrected chi connectivity index (χ4v) is 0.960. The zero-order valence-electron chi connectivity index (χ0n) is 7.94. The Morgan fingerprint density at radius 1 is 1.40 bits per heavy atom. The summed E-state index contributed by atoms with van der Waals surface area (Å²) in [6.07, 6.45) is 3.79. The number of carbonyl (C=O) groups is 2. The molecule has 1 aromatic rings. The Kier molecular flexibility index (Phi) is 6.67. The van der Waals surface area contributed by atoms with Crippen molar-refractivity contribution >= 4 is 33.8 Å². The van der Waals surface area contributed by atoms with E-state index in [1.165, 1.54) is 12.3 Å². The van der Waals surface area contributed by atoms with Gasteiger partial charge in [0.1, 0.15) is 10.6 Å². The summed E-state index contributed by atoms with van der Waals surface area (Å²) < 4.78 is 0.667. The van der Waals surface area contributed by atoms with Gasteiger partial charge in [0.15, 0.2) is 0 Å². The van der Waals surface area contributed by atoms with Crippen molar-refractivity contribution in [1.82, 2.24) is 4.98 Å². The molecular formula is C9H5BrNNaO3. The Hall–Kier alpha value is -0.490. The number of pyridine rings is 1. The van der Waals surface area contributed by atoms with Crippen LogP contribution in [0.3, 0.4) is 0 Å². The number of nitrogens with zero attached hydrogens (tertiary/aromatic N) is 1. The third-order valence-electron chi connectivity index (χ3n) is 1.38. The minimum absolute atomic E-state index is 0. The summed E-state index contributed by atoms with van der Waals surface area (Å²) in [5, 5.41) is 10.0. The summed E-state index contributed by atoms with van der Waals surface area (Å²) in [5.74, 6) is -2.78. The minimum Gasteiger partial charge on any atom is -0.541 e. The SMILES string of the molecule is O=C([O-])C(=O)C=Cc1ccc(Br)nc1.[Na+]. The van der Waals surface area contributed by atoms with Gasteiger partial charge in [-0.25, -0.2) is 4.98 Å². The third-order valence-corrected chi connectivity index (χ3v) is 1.85. The molecule has 15 heavy (non-hydrogen) atoms. The van der Waals surface area contributed by atoms with Gasteiger partial charge in [-0.05, 0) is 39.7 Å². The van der Waals surface area contributed by atoms with E-state index in [0.717, 1.165) is 6.08 Å². The number of carbonyl (C=O) groups excluding carboxylic acids is 2. The summed E-state index contributed by atoms with van der Waals surface area (Å²) in [5.41, 5.74) is 0.641. The Balaban J connectivity index is 0.00000196. The van der Waals surface area contributed by atoms with Crippen molar-refractivity contribution in [3.05, 3.63) is 34.6 Å². The van der Waals surface area contributed by atoms with Crippen molar-refractivity contribution in [2.45, 2.75) is 0 Å². The number of aromatic nitrogens is 1. The quantitative estimate of drug-likeness (QED) is 0.259. The number of carboxylic acids is 1. The number of hydrogen-bond donors (Lipinski definition) is 0. The van der Waals surface area contributed by atoms with Crippen LogP contribution in [0.2, 0.25) is 0 Å². The number of hydrogen-bond acceptors (Lipinski definition) is 4. The molecule has 6 heteroatoms. The van der Waals surface area contributed by atoms with Crippen LogP contribution in [0.25, 0.3) is 6.08 Å². The van der Waals surface area contributed by atoms with E-state index in [2.05, 4.69) is 20.9 Å². The van der Waals surface area contributed by atoms with Crippen LogP contribution in [0.15, 0.2) is 29.0 Å². The molecule has 0 atom stereocenters. The second kappa shape index (κ2) is 6.90.